The zero-order valence-corrected chi connectivity index (χ0v) is 15.9. The maximum Gasteiger partial charge on any atom is 0.127 e. The van der Waals surface area contributed by atoms with Crippen molar-refractivity contribution in [2.75, 3.05) is 32.7 Å². The molecule has 0 aliphatic carbocycles. The van der Waals surface area contributed by atoms with E-state index < -0.39 is 5.60 Å². The molecular formula is C20H25ClFNO3. The molecule has 1 aliphatic rings. The number of nitrogens with one attached hydrogen (secondary N) is 1. The number of hydrogen-bond acceptors (Lipinski definition) is 4. The van der Waals surface area contributed by atoms with Crippen LogP contribution in [0.15, 0.2) is 42.5 Å². The van der Waals surface area contributed by atoms with Crippen LogP contribution >= 0.6 is 12.4 Å². The van der Waals surface area contributed by atoms with E-state index in [1.807, 2.05) is 37.4 Å². The lowest BCUT2D eigenvalue weighted by Crippen LogP contribution is -2.35. The summed E-state index contributed by atoms with van der Waals surface area (Å²) in [4.78, 5) is 0. The number of halogens is 2. The van der Waals surface area contributed by atoms with Crippen molar-refractivity contribution >= 4 is 18.1 Å². The summed E-state index contributed by atoms with van der Waals surface area (Å²) >= 11 is 0. The highest BCUT2D eigenvalue weighted by atomic mass is 35.5. The quantitative estimate of drug-likeness (QED) is 0.798. The van der Waals surface area contributed by atoms with Crippen LogP contribution in [-0.4, -0.2) is 27.4 Å². The van der Waals surface area contributed by atoms with Crippen LogP contribution < -0.4 is 10.1 Å². The summed E-state index contributed by atoms with van der Waals surface area (Å²) in [6.07, 6.45) is 1.41. The molecular weight excluding hydrogens is 357 g/mol. The molecule has 6 heteroatoms. The van der Waals surface area contributed by atoms with Gasteiger partial charge in [-0.1, -0.05) is 12.1 Å². The molecule has 2 aromatic rings. The Hall–Kier alpha value is -1.82. The Morgan fingerprint density at radius 2 is 1.81 bits per heavy atom. The number of hydrogen-bond donors (Lipinski definition) is 1. The molecule has 1 heterocycles. The molecule has 4 nitrogen and oxygen atoms in total. The molecule has 3 rings (SSSR count). The van der Waals surface area contributed by atoms with Gasteiger partial charge < -0.3 is 19.5 Å². The highest BCUT2D eigenvalue weighted by Crippen LogP contribution is 2.37. The number of methoxy groups -OCH3 is 1. The van der Waals surface area contributed by atoms with Gasteiger partial charge >= 0.3 is 0 Å². The van der Waals surface area contributed by atoms with Gasteiger partial charge in [-0.05, 0) is 35.4 Å². The number of ether oxygens (including phenoxy) is 3. The smallest absolute Gasteiger partial charge is 0.127 e. The molecule has 0 spiro atoms. The zero-order valence-electron chi connectivity index (χ0n) is 15.1. The van der Waals surface area contributed by atoms with Crippen molar-refractivity contribution in [3.05, 3.63) is 59.4 Å². The Labute approximate surface area is 160 Å². The second-order valence-electron chi connectivity index (χ2n) is 6.22. The Balaban J connectivity index is 0.00000243. The minimum absolute atomic E-state index is 0. The van der Waals surface area contributed by atoms with Gasteiger partial charge in [0, 0.05) is 52.0 Å². The average molecular weight is 382 g/mol. The summed E-state index contributed by atoms with van der Waals surface area (Å²) in [7, 11) is 3.54. The molecule has 0 saturated carbocycles. The largest absolute Gasteiger partial charge is 0.489 e. The molecule has 0 aromatic heterocycles. The molecule has 1 fully saturated rings. The fourth-order valence-corrected chi connectivity index (χ4v) is 3.16. The fraction of sp³-hybridized carbons (Fsp3) is 0.400. The summed E-state index contributed by atoms with van der Waals surface area (Å²) in [6, 6.07) is 12.8. The molecule has 2 aromatic carbocycles. The van der Waals surface area contributed by atoms with Gasteiger partial charge in [0.2, 0.25) is 0 Å². The topological polar surface area (TPSA) is 39.7 Å². The Kier molecular flexibility index (Phi) is 7.26. The van der Waals surface area contributed by atoms with E-state index in [1.54, 1.807) is 7.11 Å². The fourth-order valence-electron chi connectivity index (χ4n) is 3.16. The van der Waals surface area contributed by atoms with E-state index in [0.717, 1.165) is 16.8 Å². The van der Waals surface area contributed by atoms with Crippen LogP contribution in [0.2, 0.25) is 0 Å². The molecule has 0 radical (unpaired) electrons. The van der Waals surface area contributed by atoms with E-state index in [2.05, 4.69) is 5.32 Å². The molecule has 26 heavy (non-hydrogen) atoms. The van der Waals surface area contributed by atoms with Gasteiger partial charge in [-0.15, -0.1) is 12.4 Å². The molecule has 1 aliphatic heterocycles. The predicted octanol–water partition coefficient (Wildman–Crippen LogP) is 4.52. The molecule has 0 bridgehead atoms. The van der Waals surface area contributed by atoms with Crippen molar-refractivity contribution in [2.24, 2.45) is 0 Å². The average Bonchev–Trinajstić information content (AvgIpc) is 2.67. The van der Waals surface area contributed by atoms with Crippen LogP contribution in [-0.2, 0) is 21.7 Å². The van der Waals surface area contributed by atoms with Gasteiger partial charge in [-0.3, -0.25) is 0 Å². The first kappa shape index (κ1) is 20.5. The second-order valence-corrected chi connectivity index (χ2v) is 6.22. The molecule has 1 N–H and O–H groups in total. The lowest BCUT2D eigenvalue weighted by atomic mass is 9.86. The summed E-state index contributed by atoms with van der Waals surface area (Å²) < 4.78 is 31.1. The van der Waals surface area contributed by atoms with E-state index in [4.69, 9.17) is 14.2 Å². The Morgan fingerprint density at radius 3 is 2.42 bits per heavy atom. The third-order valence-electron chi connectivity index (χ3n) is 4.74. The summed E-state index contributed by atoms with van der Waals surface area (Å²) in [5.74, 6) is 0.191. The van der Waals surface area contributed by atoms with Crippen molar-refractivity contribution < 1.29 is 18.6 Å². The third-order valence-corrected chi connectivity index (χ3v) is 4.74. The summed E-state index contributed by atoms with van der Waals surface area (Å²) in [6.45, 7) is 1.60. The van der Waals surface area contributed by atoms with Crippen LogP contribution in [0.5, 0.6) is 5.75 Å². The number of benzene rings is 2. The van der Waals surface area contributed by atoms with E-state index in [9.17, 15) is 4.39 Å². The van der Waals surface area contributed by atoms with Crippen LogP contribution in [0.25, 0.3) is 0 Å². The molecule has 0 unspecified atom stereocenters. The first-order valence-electron chi connectivity index (χ1n) is 8.49. The van der Waals surface area contributed by atoms with Crippen LogP contribution in [0, 0.1) is 5.82 Å². The zero-order chi connectivity index (χ0) is 17.7. The molecule has 0 amide bonds. The minimum Gasteiger partial charge on any atom is -0.489 e. The van der Waals surface area contributed by atoms with E-state index in [0.29, 0.717) is 38.4 Å². The summed E-state index contributed by atoms with van der Waals surface area (Å²) in [5, 5.41) is 3.08. The second kappa shape index (κ2) is 9.21. The standard InChI is InChI=1S/C20H24FNO3.ClH/c1-22-18-5-3-15(4-6-18)14-25-19-12-16(11-17(21)13-19)20(23-2)7-9-24-10-8-20;/h3-6,11-13,22H,7-10,14H2,1-2H3;1H. The van der Waals surface area contributed by atoms with Gasteiger partial charge in [0.05, 0.1) is 5.60 Å². The lowest BCUT2D eigenvalue weighted by molar-refractivity contribution is -0.0950. The van der Waals surface area contributed by atoms with Crippen LogP contribution in [0.3, 0.4) is 0 Å². The minimum atomic E-state index is -0.507. The van der Waals surface area contributed by atoms with Gasteiger partial charge in [0.25, 0.3) is 0 Å². The highest BCUT2D eigenvalue weighted by Gasteiger charge is 2.35. The number of rotatable bonds is 6. The van der Waals surface area contributed by atoms with Gasteiger partial charge in [0.1, 0.15) is 18.2 Å². The van der Waals surface area contributed by atoms with E-state index >= 15 is 0 Å². The lowest BCUT2D eigenvalue weighted by Gasteiger charge is -2.36. The first-order valence-corrected chi connectivity index (χ1v) is 8.49. The van der Waals surface area contributed by atoms with Crippen molar-refractivity contribution in [3.8, 4) is 5.75 Å². The molecule has 0 atom stereocenters. The maximum absolute atomic E-state index is 14.1. The Morgan fingerprint density at radius 1 is 1.12 bits per heavy atom. The van der Waals surface area contributed by atoms with Crippen molar-refractivity contribution in [2.45, 2.75) is 25.0 Å². The monoisotopic (exact) mass is 381 g/mol. The summed E-state index contributed by atoms with van der Waals surface area (Å²) in [5.41, 5.74) is 2.36. The SMILES string of the molecule is CNc1ccc(COc2cc(F)cc(C3(OC)CCOCC3)c2)cc1.Cl. The third kappa shape index (κ3) is 4.67. The van der Waals surface area contributed by atoms with E-state index in [-0.39, 0.29) is 18.2 Å². The Bertz CT molecular complexity index is 703. The van der Waals surface area contributed by atoms with Crippen LogP contribution in [0.4, 0.5) is 10.1 Å². The van der Waals surface area contributed by atoms with Crippen molar-refractivity contribution in [3.63, 3.8) is 0 Å². The molecule has 142 valence electrons. The highest BCUT2D eigenvalue weighted by molar-refractivity contribution is 5.85. The van der Waals surface area contributed by atoms with Gasteiger partial charge in [0.15, 0.2) is 0 Å². The van der Waals surface area contributed by atoms with Gasteiger partial charge in [-0.2, -0.15) is 0 Å². The van der Waals surface area contributed by atoms with Gasteiger partial charge in [-0.25, -0.2) is 4.39 Å². The van der Waals surface area contributed by atoms with Crippen LogP contribution in [0.1, 0.15) is 24.0 Å². The molecule has 1 saturated heterocycles. The first-order chi connectivity index (χ1) is 12.1. The number of anilines is 1. The van der Waals surface area contributed by atoms with Crippen molar-refractivity contribution in [1.29, 1.82) is 0 Å². The van der Waals surface area contributed by atoms with Crippen molar-refractivity contribution in [1.82, 2.24) is 0 Å². The normalized spacial score (nSPS) is 15.8. The maximum atomic E-state index is 14.1. The predicted molar refractivity (Wildman–Crippen MR) is 103 cm³/mol. The van der Waals surface area contributed by atoms with E-state index in [1.165, 1.54) is 12.1 Å².